The SMILES string of the molecule is O=C(NC(Cc1ccc(Cl)cc1)c1ccccc1)N1CCC(N2CCCNC2=O)CC1. The lowest BCUT2D eigenvalue weighted by atomic mass is 9.98. The summed E-state index contributed by atoms with van der Waals surface area (Å²) in [5, 5.41) is 6.85. The minimum atomic E-state index is -0.125. The summed E-state index contributed by atoms with van der Waals surface area (Å²) in [7, 11) is 0. The third-order valence-corrected chi connectivity index (χ3v) is 6.41. The van der Waals surface area contributed by atoms with E-state index in [1.807, 2.05) is 64.4 Å². The summed E-state index contributed by atoms with van der Waals surface area (Å²) >= 11 is 6.02. The van der Waals surface area contributed by atoms with E-state index in [0.717, 1.165) is 43.5 Å². The Morgan fingerprint density at radius 2 is 1.77 bits per heavy atom. The number of piperidine rings is 1. The number of nitrogens with one attached hydrogen (secondary N) is 2. The van der Waals surface area contributed by atoms with Crippen molar-refractivity contribution in [3.05, 3.63) is 70.7 Å². The Labute approximate surface area is 188 Å². The molecule has 0 spiro atoms. The van der Waals surface area contributed by atoms with Gasteiger partial charge in [-0.1, -0.05) is 54.1 Å². The van der Waals surface area contributed by atoms with Gasteiger partial charge in [0.15, 0.2) is 0 Å². The summed E-state index contributed by atoms with van der Waals surface area (Å²) < 4.78 is 0. The van der Waals surface area contributed by atoms with Crippen molar-refractivity contribution in [2.45, 2.75) is 37.8 Å². The van der Waals surface area contributed by atoms with E-state index in [4.69, 9.17) is 11.6 Å². The van der Waals surface area contributed by atoms with Crippen molar-refractivity contribution >= 4 is 23.7 Å². The first kappa shape index (κ1) is 21.5. The van der Waals surface area contributed by atoms with E-state index in [2.05, 4.69) is 10.6 Å². The number of likely N-dealkylation sites (tertiary alicyclic amines) is 1. The fourth-order valence-electron chi connectivity index (χ4n) is 4.41. The van der Waals surface area contributed by atoms with Gasteiger partial charge < -0.3 is 20.4 Å². The van der Waals surface area contributed by atoms with E-state index in [0.29, 0.717) is 24.5 Å². The molecule has 4 amide bonds. The van der Waals surface area contributed by atoms with Crippen molar-refractivity contribution in [1.82, 2.24) is 20.4 Å². The molecule has 2 aromatic rings. The summed E-state index contributed by atoms with van der Waals surface area (Å²) in [6.07, 6.45) is 3.30. The number of rotatable bonds is 5. The first-order chi connectivity index (χ1) is 15.1. The minimum absolute atomic E-state index is 0.0289. The summed E-state index contributed by atoms with van der Waals surface area (Å²) in [6, 6.07) is 17.9. The number of carbonyl (C=O) groups excluding carboxylic acids is 2. The van der Waals surface area contributed by atoms with Crippen molar-refractivity contribution < 1.29 is 9.59 Å². The molecular weight excluding hydrogens is 412 g/mol. The topological polar surface area (TPSA) is 64.7 Å². The van der Waals surface area contributed by atoms with E-state index in [9.17, 15) is 9.59 Å². The van der Waals surface area contributed by atoms with Crippen LogP contribution < -0.4 is 10.6 Å². The molecule has 164 valence electrons. The molecule has 2 heterocycles. The van der Waals surface area contributed by atoms with Crippen LogP contribution in [0.3, 0.4) is 0 Å². The van der Waals surface area contributed by atoms with Crippen LogP contribution in [0.5, 0.6) is 0 Å². The first-order valence-electron chi connectivity index (χ1n) is 11.0. The summed E-state index contributed by atoms with van der Waals surface area (Å²) in [5.74, 6) is 0. The van der Waals surface area contributed by atoms with Crippen LogP contribution >= 0.6 is 11.6 Å². The predicted molar refractivity (Wildman–Crippen MR) is 122 cm³/mol. The molecule has 4 rings (SSSR count). The van der Waals surface area contributed by atoms with Gasteiger partial charge in [0, 0.05) is 37.2 Å². The molecule has 1 unspecified atom stereocenters. The second-order valence-electron chi connectivity index (χ2n) is 8.24. The number of amides is 4. The van der Waals surface area contributed by atoms with Crippen LogP contribution in [-0.2, 0) is 6.42 Å². The van der Waals surface area contributed by atoms with Gasteiger partial charge in [0.2, 0.25) is 0 Å². The maximum atomic E-state index is 13.1. The molecule has 0 bridgehead atoms. The Balaban J connectivity index is 1.38. The number of halogens is 1. The smallest absolute Gasteiger partial charge is 0.317 e. The minimum Gasteiger partial charge on any atom is -0.338 e. The number of benzene rings is 2. The van der Waals surface area contributed by atoms with Crippen LogP contribution in [0.4, 0.5) is 9.59 Å². The van der Waals surface area contributed by atoms with E-state index in [1.54, 1.807) is 0 Å². The van der Waals surface area contributed by atoms with E-state index < -0.39 is 0 Å². The van der Waals surface area contributed by atoms with Gasteiger partial charge in [-0.05, 0) is 48.9 Å². The average molecular weight is 441 g/mol. The highest BCUT2D eigenvalue weighted by atomic mass is 35.5. The molecular formula is C24H29ClN4O2. The Hall–Kier alpha value is -2.73. The molecule has 31 heavy (non-hydrogen) atoms. The molecule has 2 aliphatic heterocycles. The second kappa shape index (κ2) is 10.1. The molecule has 0 aliphatic carbocycles. The van der Waals surface area contributed by atoms with Gasteiger partial charge in [-0.3, -0.25) is 0 Å². The third kappa shape index (κ3) is 5.50. The number of hydrogen-bond acceptors (Lipinski definition) is 2. The number of hydrogen-bond donors (Lipinski definition) is 2. The summed E-state index contributed by atoms with van der Waals surface area (Å²) in [4.78, 5) is 29.0. The Bertz CT molecular complexity index is 882. The highest BCUT2D eigenvalue weighted by molar-refractivity contribution is 6.30. The molecule has 0 saturated carbocycles. The lowest BCUT2D eigenvalue weighted by Gasteiger charge is -2.40. The standard InChI is InChI=1S/C24H29ClN4O2/c25-20-9-7-18(8-10-20)17-22(19-5-2-1-3-6-19)27-24(31)28-15-11-21(12-16-28)29-14-4-13-26-23(29)30/h1-3,5-10,21-22H,4,11-17H2,(H,26,30)(H,27,31). The van der Waals surface area contributed by atoms with Crippen molar-refractivity contribution in [1.29, 1.82) is 0 Å². The van der Waals surface area contributed by atoms with Crippen LogP contribution in [0.15, 0.2) is 54.6 Å². The summed E-state index contributed by atoms with van der Waals surface area (Å²) in [5.41, 5.74) is 2.19. The zero-order valence-corrected chi connectivity index (χ0v) is 18.4. The molecule has 2 fully saturated rings. The Kier molecular flexibility index (Phi) is 6.97. The molecule has 7 heteroatoms. The van der Waals surface area contributed by atoms with Crippen LogP contribution in [0.1, 0.15) is 36.4 Å². The van der Waals surface area contributed by atoms with Gasteiger partial charge in [-0.25, -0.2) is 9.59 Å². The molecule has 2 saturated heterocycles. The molecule has 6 nitrogen and oxygen atoms in total. The van der Waals surface area contributed by atoms with Crippen LogP contribution in [-0.4, -0.2) is 54.1 Å². The third-order valence-electron chi connectivity index (χ3n) is 6.16. The van der Waals surface area contributed by atoms with Gasteiger partial charge in [-0.15, -0.1) is 0 Å². The normalized spacial score (nSPS) is 18.4. The highest BCUT2D eigenvalue weighted by Gasteiger charge is 2.31. The van der Waals surface area contributed by atoms with Crippen molar-refractivity contribution in [3.8, 4) is 0 Å². The monoisotopic (exact) mass is 440 g/mol. The average Bonchev–Trinajstić information content (AvgIpc) is 2.81. The van der Waals surface area contributed by atoms with Crippen LogP contribution in [0, 0.1) is 0 Å². The van der Waals surface area contributed by atoms with Crippen molar-refractivity contribution in [2.24, 2.45) is 0 Å². The molecule has 2 aromatic carbocycles. The van der Waals surface area contributed by atoms with Gasteiger partial charge in [0.25, 0.3) is 0 Å². The number of nitrogens with zero attached hydrogens (tertiary/aromatic N) is 2. The quantitative estimate of drug-likeness (QED) is 0.731. The molecule has 2 aliphatic rings. The van der Waals surface area contributed by atoms with Gasteiger partial charge in [0.1, 0.15) is 0 Å². The Morgan fingerprint density at radius 1 is 1.06 bits per heavy atom. The van der Waals surface area contributed by atoms with E-state index >= 15 is 0 Å². The van der Waals surface area contributed by atoms with Crippen molar-refractivity contribution in [3.63, 3.8) is 0 Å². The van der Waals surface area contributed by atoms with Gasteiger partial charge >= 0.3 is 12.1 Å². The Morgan fingerprint density at radius 3 is 2.45 bits per heavy atom. The molecule has 1 atom stereocenters. The fourth-order valence-corrected chi connectivity index (χ4v) is 4.54. The molecule has 0 aromatic heterocycles. The molecule has 2 N–H and O–H groups in total. The largest absolute Gasteiger partial charge is 0.338 e. The zero-order chi connectivity index (χ0) is 21.6. The van der Waals surface area contributed by atoms with Gasteiger partial charge in [0.05, 0.1) is 6.04 Å². The zero-order valence-electron chi connectivity index (χ0n) is 17.6. The lowest BCUT2D eigenvalue weighted by molar-refractivity contribution is 0.118. The molecule has 0 radical (unpaired) electrons. The summed E-state index contributed by atoms with van der Waals surface area (Å²) in [6.45, 7) is 2.87. The number of carbonyl (C=O) groups is 2. The van der Waals surface area contributed by atoms with Crippen molar-refractivity contribution in [2.75, 3.05) is 26.2 Å². The fraction of sp³-hybridized carbons (Fsp3) is 0.417. The maximum absolute atomic E-state index is 13.1. The van der Waals surface area contributed by atoms with Crippen LogP contribution in [0.25, 0.3) is 0 Å². The number of urea groups is 2. The second-order valence-corrected chi connectivity index (χ2v) is 8.68. The van der Waals surface area contributed by atoms with E-state index in [-0.39, 0.29) is 24.1 Å². The van der Waals surface area contributed by atoms with Crippen LogP contribution in [0.2, 0.25) is 5.02 Å². The lowest BCUT2D eigenvalue weighted by Crippen LogP contribution is -2.55. The van der Waals surface area contributed by atoms with E-state index in [1.165, 1.54) is 0 Å². The predicted octanol–water partition coefficient (Wildman–Crippen LogP) is 4.21. The first-order valence-corrected chi connectivity index (χ1v) is 11.4. The van der Waals surface area contributed by atoms with Gasteiger partial charge in [-0.2, -0.15) is 0 Å². The highest BCUT2D eigenvalue weighted by Crippen LogP contribution is 2.22. The maximum Gasteiger partial charge on any atom is 0.317 e.